The third kappa shape index (κ3) is 6.64. The van der Waals surface area contributed by atoms with E-state index in [9.17, 15) is 9.59 Å². The molecule has 1 heterocycles. The number of piperazine rings is 1. The van der Waals surface area contributed by atoms with Gasteiger partial charge in [0, 0.05) is 32.6 Å². The van der Waals surface area contributed by atoms with E-state index in [0.717, 1.165) is 5.75 Å². The number of hydrogen-bond acceptors (Lipinski definition) is 4. The lowest BCUT2D eigenvalue weighted by Crippen LogP contribution is -2.51. The fourth-order valence-electron chi connectivity index (χ4n) is 2.55. The summed E-state index contributed by atoms with van der Waals surface area (Å²) in [6, 6.07) is 9.58. The van der Waals surface area contributed by atoms with Crippen molar-refractivity contribution in [3.05, 3.63) is 30.3 Å². The van der Waals surface area contributed by atoms with Crippen LogP contribution in [-0.4, -0.2) is 60.2 Å². The van der Waals surface area contributed by atoms with Crippen molar-refractivity contribution >= 4 is 12.0 Å². The van der Waals surface area contributed by atoms with Crippen molar-refractivity contribution in [2.45, 2.75) is 39.2 Å². The Labute approximate surface area is 149 Å². The molecule has 0 atom stereocenters. The smallest absolute Gasteiger partial charge is 0.410 e. The van der Waals surface area contributed by atoms with Gasteiger partial charge in [0.15, 0.2) is 0 Å². The summed E-state index contributed by atoms with van der Waals surface area (Å²) in [5.74, 6) is 0.932. The summed E-state index contributed by atoms with van der Waals surface area (Å²) in [7, 11) is 0. The minimum atomic E-state index is -0.497. The zero-order valence-electron chi connectivity index (χ0n) is 15.4. The van der Waals surface area contributed by atoms with E-state index in [1.54, 1.807) is 4.90 Å². The van der Waals surface area contributed by atoms with Crippen LogP contribution in [0.5, 0.6) is 5.75 Å². The molecule has 2 rings (SSSR count). The minimum Gasteiger partial charge on any atom is -0.494 e. The number of carbonyl (C=O) groups is 2. The maximum Gasteiger partial charge on any atom is 0.410 e. The Morgan fingerprint density at radius 3 is 2.20 bits per heavy atom. The van der Waals surface area contributed by atoms with Crippen molar-refractivity contribution in [1.29, 1.82) is 0 Å². The largest absolute Gasteiger partial charge is 0.494 e. The molecule has 0 unspecified atom stereocenters. The average molecular weight is 348 g/mol. The number of rotatable bonds is 5. The molecule has 6 nitrogen and oxygen atoms in total. The number of carbonyl (C=O) groups excluding carboxylic acids is 2. The van der Waals surface area contributed by atoms with E-state index in [2.05, 4.69) is 0 Å². The van der Waals surface area contributed by atoms with Crippen LogP contribution in [0.1, 0.15) is 33.6 Å². The van der Waals surface area contributed by atoms with E-state index in [1.165, 1.54) is 0 Å². The lowest BCUT2D eigenvalue weighted by Gasteiger charge is -2.35. The van der Waals surface area contributed by atoms with Gasteiger partial charge in [-0.15, -0.1) is 0 Å². The van der Waals surface area contributed by atoms with Gasteiger partial charge in [0.1, 0.15) is 11.4 Å². The molecule has 0 saturated carbocycles. The van der Waals surface area contributed by atoms with E-state index in [0.29, 0.717) is 45.6 Å². The molecule has 138 valence electrons. The first-order chi connectivity index (χ1) is 11.8. The lowest BCUT2D eigenvalue weighted by atomic mass is 10.2. The van der Waals surface area contributed by atoms with Gasteiger partial charge >= 0.3 is 6.09 Å². The van der Waals surface area contributed by atoms with Crippen LogP contribution in [0.2, 0.25) is 0 Å². The van der Waals surface area contributed by atoms with Crippen molar-refractivity contribution < 1.29 is 19.1 Å². The Kier molecular flexibility index (Phi) is 6.67. The zero-order chi connectivity index (χ0) is 18.3. The summed E-state index contributed by atoms with van der Waals surface area (Å²) >= 11 is 0. The van der Waals surface area contributed by atoms with E-state index in [1.807, 2.05) is 56.0 Å². The third-order valence-corrected chi connectivity index (χ3v) is 3.83. The van der Waals surface area contributed by atoms with Gasteiger partial charge in [0.05, 0.1) is 6.61 Å². The molecular weight excluding hydrogens is 320 g/mol. The van der Waals surface area contributed by atoms with Crippen LogP contribution >= 0.6 is 0 Å². The fourth-order valence-corrected chi connectivity index (χ4v) is 2.55. The Hall–Kier alpha value is -2.24. The molecule has 0 aromatic heterocycles. The molecule has 0 aliphatic carbocycles. The number of ether oxygens (including phenoxy) is 2. The lowest BCUT2D eigenvalue weighted by molar-refractivity contribution is -0.133. The SMILES string of the molecule is CC(C)(C)OC(=O)N1CCN(C(=O)CCCOc2ccccc2)CC1. The molecule has 1 aliphatic rings. The van der Waals surface area contributed by atoms with Gasteiger partial charge in [-0.25, -0.2) is 4.79 Å². The highest BCUT2D eigenvalue weighted by Gasteiger charge is 2.27. The van der Waals surface area contributed by atoms with Crippen molar-refractivity contribution in [3.63, 3.8) is 0 Å². The van der Waals surface area contributed by atoms with Crippen LogP contribution in [0.15, 0.2) is 30.3 Å². The highest BCUT2D eigenvalue weighted by molar-refractivity contribution is 5.76. The van der Waals surface area contributed by atoms with Crippen LogP contribution in [-0.2, 0) is 9.53 Å². The molecule has 0 spiro atoms. The van der Waals surface area contributed by atoms with Crippen LogP contribution in [0.3, 0.4) is 0 Å². The zero-order valence-corrected chi connectivity index (χ0v) is 15.4. The molecule has 1 aromatic rings. The van der Waals surface area contributed by atoms with E-state index in [4.69, 9.17) is 9.47 Å². The fraction of sp³-hybridized carbons (Fsp3) is 0.579. The van der Waals surface area contributed by atoms with Gasteiger partial charge in [-0.2, -0.15) is 0 Å². The molecule has 1 fully saturated rings. The van der Waals surface area contributed by atoms with Crippen molar-refractivity contribution in [2.75, 3.05) is 32.8 Å². The van der Waals surface area contributed by atoms with Gasteiger partial charge < -0.3 is 19.3 Å². The Morgan fingerprint density at radius 2 is 1.60 bits per heavy atom. The van der Waals surface area contributed by atoms with Crippen molar-refractivity contribution in [2.24, 2.45) is 0 Å². The monoisotopic (exact) mass is 348 g/mol. The van der Waals surface area contributed by atoms with Crippen molar-refractivity contribution in [3.8, 4) is 5.75 Å². The number of benzene rings is 1. The van der Waals surface area contributed by atoms with Crippen LogP contribution in [0, 0.1) is 0 Å². The second kappa shape index (κ2) is 8.74. The summed E-state index contributed by atoms with van der Waals surface area (Å²) < 4.78 is 11.0. The number of nitrogens with zero attached hydrogens (tertiary/aromatic N) is 2. The first-order valence-electron chi connectivity index (χ1n) is 8.79. The number of amides is 2. The summed E-state index contributed by atoms with van der Waals surface area (Å²) in [5, 5.41) is 0. The van der Waals surface area contributed by atoms with Gasteiger partial charge in [0.25, 0.3) is 0 Å². The van der Waals surface area contributed by atoms with Crippen molar-refractivity contribution in [1.82, 2.24) is 9.80 Å². The van der Waals surface area contributed by atoms with Gasteiger partial charge in [0.2, 0.25) is 5.91 Å². The van der Waals surface area contributed by atoms with Crippen LogP contribution in [0.4, 0.5) is 4.79 Å². The third-order valence-electron chi connectivity index (χ3n) is 3.83. The van der Waals surface area contributed by atoms with E-state index < -0.39 is 5.60 Å². The number of hydrogen-bond donors (Lipinski definition) is 0. The molecule has 0 bridgehead atoms. The summed E-state index contributed by atoms with van der Waals surface area (Å²) in [4.78, 5) is 27.7. The normalized spacial score (nSPS) is 15.0. The molecule has 1 aromatic carbocycles. The van der Waals surface area contributed by atoms with Crippen LogP contribution in [0.25, 0.3) is 0 Å². The van der Waals surface area contributed by atoms with Gasteiger partial charge in [-0.1, -0.05) is 18.2 Å². The Bertz CT molecular complexity index is 561. The predicted octanol–water partition coefficient (Wildman–Crippen LogP) is 2.92. The van der Waals surface area contributed by atoms with Gasteiger partial charge in [-0.05, 0) is 39.3 Å². The molecule has 0 N–H and O–H groups in total. The molecule has 25 heavy (non-hydrogen) atoms. The highest BCUT2D eigenvalue weighted by Crippen LogP contribution is 2.13. The summed E-state index contributed by atoms with van der Waals surface area (Å²) in [6.45, 7) is 8.21. The topological polar surface area (TPSA) is 59.1 Å². The second-order valence-corrected chi connectivity index (χ2v) is 7.11. The quantitative estimate of drug-likeness (QED) is 0.768. The van der Waals surface area contributed by atoms with Gasteiger partial charge in [-0.3, -0.25) is 4.79 Å². The van der Waals surface area contributed by atoms with E-state index in [-0.39, 0.29) is 12.0 Å². The Balaban J connectivity index is 1.64. The molecule has 0 radical (unpaired) electrons. The average Bonchev–Trinajstić information content (AvgIpc) is 2.58. The molecule has 6 heteroatoms. The first kappa shape index (κ1) is 19.1. The molecule has 1 aliphatic heterocycles. The maximum atomic E-state index is 12.3. The summed E-state index contributed by atoms with van der Waals surface area (Å²) in [5.41, 5.74) is -0.497. The molecule has 2 amide bonds. The number of para-hydroxylation sites is 1. The highest BCUT2D eigenvalue weighted by atomic mass is 16.6. The summed E-state index contributed by atoms with van der Waals surface area (Å²) in [6.07, 6.45) is 0.829. The Morgan fingerprint density at radius 1 is 1.00 bits per heavy atom. The molecule has 1 saturated heterocycles. The predicted molar refractivity (Wildman–Crippen MR) is 95.6 cm³/mol. The molecular formula is C19H28N2O4. The standard InChI is InChI=1S/C19H28N2O4/c1-19(2,3)25-18(23)21-13-11-20(12-14-21)17(22)10-7-15-24-16-8-5-4-6-9-16/h4-6,8-9H,7,10-15H2,1-3H3. The van der Waals surface area contributed by atoms with Crippen LogP contribution < -0.4 is 4.74 Å². The first-order valence-corrected chi connectivity index (χ1v) is 8.79. The second-order valence-electron chi connectivity index (χ2n) is 7.11. The van der Waals surface area contributed by atoms with E-state index >= 15 is 0 Å². The minimum absolute atomic E-state index is 0.112. The maximum absolute atomic E-state index is 12.3.